The van der Waals surface area contributed by atoms with Gasteiger partial charge < -0.3 is 10.5 Å². The molecule has 112 valence electrons. The zero-order valence-corrected chi connectivity index (χ0v) is 13.0. The third kappa shape index (κ3) is 4.06. The Morgan fingerprint density at radius 1 is 1.05 bits per heavy atom. The highest BCUT2D eigenvalue weighted by molar-refractivity contribution is 5.33. The van der Waals surface area contributed by atoms with Gasteiger partial charge in [-0.3, -0.25) is 4.90 Å². The van der Waals surface area contributed by atoms with E-state index in [-0.39, 0.29) is 5.54 Å². The van der Waals surface area contributed by atoms with Crippen molar-refractivity contribution in [3.05, 3.63) is 65.7 Å². The first kappa shape index (κ1) is 15.5. The Hall–Kier alpha value is -1.84. The number of nitrogens with two attached hydrogens (primary N) is 1. The Morgan fingerprint density at radius 3 is 2.33 bits per heavy atom. The molecule has 1 unspecified atom stereocenters. The topological polar surface area (TPSA) is 38.5 Å². The highest BCUT2D eigenvalue weighted by atomic mass is 16.5. The molecule has 1 atom stereocenters. The molecule has 0 saturated carbocycles. The number of para-hydroxylation sites is 1. The number of nitrogens with zero attached hydrogens (tertiary/aromatic N) is 1. The van der Waals surface area contributed by atoms with Gasteiger partial charge in [0.05, 0.1) is 12.6 Å². The van der Waals surface area contributed by atoms with E-state index in [1.165, 1.54) is 5.56 Å². The SMILES string of the molecule is COc1ccccc1CN(C)CC(C)(N)c1ccccc1. The normalized spacial score (nSPS) is 14.0. The van der Waals surface area contributed by atoms with Crippen molar-refractivity contribution in [2.75, 3.05) is 20.7 Å². The third-order valence-corrected chi connectivity index (χ3v) is 3.66. The molecule has 0 radical (unpaired) electrons. The number of hydrogen-bond acceptors (Lipinski definition) is 3. The standard InChI is InChI=1S/C18H24N2O/c1-18(19,16-10-5-4-6-11-16)14-20(2)13-15-9-7-8-12-17(15)21-3/h4-12H,13-14,19H2,1-3H3. The lowest BCUT2D eigenvalue weighted by Crippen LogP contribution is -2.43. The second-order valence-electron chi connectivity index (χ2n) is 5.77. The van der Waals surface area contributed by atoms with E-state index in [9.17, 15) is 0 Å². The zero-order valence-electron chi connectivity index (χ0n) is 13.0. The van der Waals surface area contributed by atoms with Gasteiger partial charge in [0, 0.05) is 18.7 Å². The van der Waals surface area contributed by atoms with Crippen LogP contribution in [-0.4, -0.2) is 25.6 Å². The van der Waals surface area contributed by atoms with Crippen LogP contribution in [0.3, 0.4) is 0 Å². The fourth-order valence-electron chi connectivity index (χ4n) is 2.65. The molecule has 0 spiro atoms. The van der Waals surface area contributed by atoms with Crippen LogP contribution >= 0.6 is 0 Å². The summed E-state index contributed by atoms with van der Waals surface area (Å²) in [6, 6.07) is 18.3. The Morgan fingerprint density at radius 2 is 1.67 bits per heavy atom. The van der Waals surface area contributed by atoms with Gasteiger partial charge in [0.15, 0.2) is 0 Å². The lowest BCUT2D eigenvalue weighted by Gasteiger charge is -2.31. The van der Waals surface area contributed by atoms with Crippen molar-refractivity contribution in [3.8, 4) is 5.75 Å². The summed E-state index contributed by atoms with van der Waals surface area (Å²) in [5.74, 6) is 0.919. The van der Waals surface area contributed by atoms with Gasteiger partial charge in [-0.25, -0.2) is 0 Å². The minimum absolute atomic E-state index is 0.377. The first-order valence-corrected chi connectivity index (χ1v) is 7.18. The average molecular weight is 284 g/mol. The van der Waals surface area contributed by atoms with E-state index in [2.05, 4.69) is 37.1 Å². The van der Waals surface area contributed by atoms with E-state index < -0.39 is 0 Å². The Labute approximate surface area is 127 Å². The Bertz CT molecular complexity index is 566. The summed E-state index contributed by atoms with van der Waals surface area (Å²) >= 11 is 0. The van der Waals surface area contributed by atoms with Crippen molar-refractivity contribution >= 4 is 0 Å². The highest BCUT2D eigenvalue weighted by Crippen LogP contribution is 2.22. The van der Waals surface area contributed by atoms with Crippen LogP contribution in [0.5, 0.6) is 5.75 Å². The summed E-state index contributed by atoms with van der Waals surface area (Å²) in [6.07, 6.45) is 0. The second kappa shape index (κ2) is 6.74. The van der Waals surface area contributed by atoms with Crippen LogP contribution in [0, 0.1) is 0 Å². The lowest BCUT2D eigenvalue weighted by atomic mass is 9.92. The van der Waals surface area contributed by atoms with Crippen molar-refractivity contribution in [2.45, 2.75) is 19.0 Å². The van der Waals surface area contributed by atoms with Crippen molar-refractivity contribution in [3.63, 3.8) is 0 Å². The van der Waals surface area contributed by atoms with Gasteiger partial charge in [0.1, 0.15) is 5.75 Å². The third-order valence-electron chi connectivity index (χ3n) is 3.66. The second-order valence-corrected chi connectivity index (χ2v) is 5.77. The summed E-state index contributed by atoms with van der Waals surface area (Å²) in [4.78, 5) is 2.23. The molecular formula is C18H24N2O. The van der Waals surface area contributed by atoms with Crippen molar-refractivity contribution < 1.29 is 4.74 Å². The van der Waals surface area contributed by atoms with Crippen LogP contribution in [0.4, 0.5) is 0 Å². The van der Waals surface area contributed by atoms with Crippen LogP contribution in [0.15, 0.2) is 54.6 Å². The molecule has 0 aliphatic carbocycles. The highest BCUT2D eigenvalue weighted by Gasteiger charge is 2.23. The fraction of sp³-hybridized carbons (Fsp3) is 0.333. The molecule has 2 aromatic rings. The van der Waals surface area contributed by atoms with E-state index in [1.807, 2.05) is 36.4 Å². The first-order valence-electron chi connectivity index (χ1n) is 7.18. The van der Waals surface area contributed by atoms with Crippen LogP contribution < -0.4 is 10.5 Å². The largest absolute Gasteiger partial charge is 0.496 e. The van der Waals surface area contributed by atoms with E-state index >= 15 is 0 Å². The molecule has 21 heavy (non-hydrogen) atoms. The van der Waals surface area contributed by atoms with Gasteiger partial charge in [-0.05, 0) is 25.6 Å². The maximum atomic E-state index is 6.49. The molecule has 0 aromatic heterocycles. The van der Waals surface area contributed by atoms with E-state index in [1.54, 1.807) is 7.11 Å². The lowest BCUT2D eigenvalue weighted by molar-refractivity contribution is 0.249. The first-order chi connectivity index (χ1) is 10.0. The van der Waals surface area contributed by atoms with Crippen molar-refractivity contribution in [1.82, 2.24) is 4.90 Å². The molecule has 0 amide bonds. The van der Waals surface area contributed by atoms with Gasteiger partial charge in [-0.2, -0.15) is 0 Å². The number of methoxy groups -OCH3 is 1. The van der Waals surface area contributed by atoms with Crippen LogP contribution in [0.25, 0.3) is 0 Å². The Kier molecular flexibility index (Phi) is 4.99. The molecular weight excluding hydrogens is 260 g/mol. The van der Waals surface area contributed by atoms with Crippen LogP contribution in [-0.2, 0) is 12.1 Å². The van der Waals surface area contributed by atoms with Gasteiger partial charge in [0.2, 0.25) is 0 Å². The number of benzene rings is 2. The summed E-state index contributed by atoms with van der Waals surface area (Å²) in [6.45, 7) is 3.65. The van der Waals surface area contributed by atoms with Crippen molar-refractivity contribution in [2.24, 2.45) is 5.73 Å². The predicted octanol–water partition coefficient (Wildman–Crippen LogP) is 3.00. The molecule has 3 nitrogen and oxygen atoms in total. The molecule has 0 bridgehead atoms. The summed E-state index contributed by atoms with van der Waals surface area (Å²) in [5, 5.41) is 0. The summed E-state index contributed by atoms with van der Waals surface area (Å²) in [7, 11) is 3.79. The zero-order chi connectivity index (χ0) is 15.3. The number of ether oxygens (including phenoxy) is 1. The Balaban J connectivity index is 2.06. The monoisotopic (exact) mass is 284 g/mol. The van der Waals surface area contributed by atoms with Gasteiger partial charge >= 0.3 is 0 Å². The molecule has 0 heterocycles. The molecule has 2 aromatic carbocycles. The predicted molar refractivity (Wildman–Crippen MR) is 87.3 cm³/mol. The minimum atomic E-state index is -0.377. The van der Waals surface area contributed by atoms with Crippen LogP contribution in [0.2, 0.25) is 0 Å². The van der Waals surface area contributed by atoms with Gasteiger partial charge in [0.25, 0.3) is 0 Å². The van der Waals surface area contributed by atoms with E-state index in [4.69, 9.17) is 10.5 Å². The molecule has 2 rings (SSSR count). The van der Waals surface area contributed by atoms with E-state index in [0.717, 1.165) is 24.4 Å². The van der Waals surface area contributed by atoms with Crippen LogP contribution in [0.1, 0.15) is 18.1 Å². The molecule has 3 heteroatoms. The quantitative estimate of drug-likeness (QED) is 0.886. The molecule has 0 aliphatic rings. The molecule has 0 aliphatic heterocycles. The van der Waals surface area contributed by atoms with Gasteiger partial charge in [-0.1, -0.05) is 48.5 Å². The maximum absolute atomic E-state index is 6.49. The molecule has 0 saturated heterocycles. The fourth-order valence-corrected chi connectivity index (χ4v) is 2.65. The van der Waals surface area contributed by atoms with E-state index in [0.29, 0.717) is 0 Å². The number of rotatable bonds is 6. The maximum Gasteiger partial charge on any atom is 0.123 e. The number of hydrogen-bond donors (Lipinski definition) is 1. The number of likely N-dealkylation sites (N-methyl/N-ethyl adjacent to an activating group) is 1. The summed E-state index contributed by atoms with van der Waals surface area (Å²) in [5.41, 5.74) is 8.44. The minimum Gasteiger partial charge on any atom is -0.496 e. The van der Waals surface area contributed by atoms with Crippen molar-refractivity contribution in [1.29, 1.82) is 0 Å². The molecule has 2 N–H and O–H groups in total. The summed E-state index contributed by atoms with van der Waals surface area (Å²) < 4.78 is 5.40. The average Bonchev–Trinajstić information content (AvgIpc) is 2.48. The smallest absolute Gasteiger partial charge is 0.123 e. The molecule has 0 fully saturated rings. The van der Waals surface area contributed by atoms with Gasteiger partial charge in [-0.15, -0.1) is 0 Å².